The number of aromatic nitrogens is 1. The van der Waals surface area contributed by atoms with E-state index in [9.17, 15) is 13.2 Å². The third-order valence-corrected chi connectivity index (χ3v) is 3.29. The molecule has 0 radical (unpaired) electrons. The lowest BCUT2D eigenvalue weighted by atomic mass is 10.1. The molecule has 0 aliphatic carbocycles. The molecule has 0 aromatic carbocycles. The van der Waals surface area contributed by atoms with Crippen molar-refractivity contribution in [2.75, 3.05) is 0 Å². The monoisotopic (exact) mass is 387 g/mol. The minimum atomic E-state index is -4.35. The zero-order chi connectivity index (χ0) is 14.3. The van der Waals surface area contributed by atoms with Crippen LogP contribution in [0.15, 0.2) is 18.3 Å². The van der Waals surface area contributed by atoms with Gasteiger partial charge in [-0.15, -0.1) is 0 Å². The molecular formula is C13H17F3INO. The molecule has 0 N–H and O–H groups in total. The summed E-state index contributed by atoms with van der Waals surface area (Å²) in [5, 5.41) is 0. The van der Waals surface area contributed by atoms with Crippen LogP contribution < -0.4 is 4.74 Å². The van der Waals surface area contributed by atoms with Crippen molar-refractivity contribution < 1.29 is 17.9 Å². The first-order valence-corrected chi connectivity index (χ1v) is 7.36. The minimum Gasteiger partial charge on any atom is -0.465 e. The van der Waals surface area contributed by atoms with Crippen molar-refractivity contribution in [3.8, 4) is 5.88 Å². The summed E-state index contributed by atoms with van der Waals surface area (Å²) in [7, 11) is 0. The van der Waals surface area contributed by atoms with Crippen molar-refractivity contribution in [2.45, 2.75) is 51.3 Å². The topological polar surface area (TPSA) is 22.1 Å². The summed E-state index contributed by atoms with van der Waals surface area (Å²) in [6.07, 6.45) is -1.39. The van der Waals surface area contributed by atoms with Gasteiger partial charge in [0.15, 0.2) is 6.10 Å². The Morgan fingerprint density at radius 2 is 2.00 bits per heavy atom. The highest BCUT2D eigenvalue weighted by atomic mass is 127. The fraction of sp³-hybridized carbons (Fsp3) is 0.615. The van der Waals surface area contributed by atoms with Gasteiger partial charge in [-0.3, -0.25) is 0 Å². The van der Waals surface area contributed by atoms with Gasteiger partial charge in [-0.05, 0) is 41.5 Å². The normalized spacial score (nSPS) is 13.3. The van der Waals surface area contributed by atoms with E-state index in [0.29, 0.717) is 6.42 Å². The van der Waals surface area contributed by atoms with Gasteiger partial charge < -0.3 is 4.74 Å². The molecule has 0 aliphatic heterocycles. The molecule has 1 rings (SSSR count). The molecule has 2 nitrogen and oxygen atoms in total. The van der Waals surface area contributed by atoms with Crippen molar-refractivity contribution in [1.82, 2.24) is 4.98 Å². The van der Waals surface area contributed by atoms with Crippen LogP contribution >= 0.6 is 22.6 Å². The largest absolute Gasteiger partial charge is 0.465 e. The van der Waals surface area contributed by atoms with E-state index in [2.05, 4.69) is 4.98 Å². The van der Waals surface area contributed by atoms with Gasteiger partial charge in [0.25, 0.3) is 0 Å². The maximum atomic E-state index is 12.8. The molecule has 1 atom stereocenters. The Morgan fingerprint density at radius 3 is 2.53 bits per heavy atom. The smallest absolute Gasteiger partial charge is 0.425 e. The van der Waals surface area contributed by atoms with Crippen LogP contribution in [0.5, 0.6) is 5.88 Å². The van der Waals surface area contributed by atoms with Gasteiger partial charge in [-0.1, -0.05) is 26.2 Å². The molecule has 1 aromatic rings. The Morgan fingerprint density at radius 1 is 1.26 bits per heavy atom. The first-order chi connectivity index (χ1) is 8.93. The molecule has 0 saturated heterocycles. The maximum absolute atomic E-state index is 12.8. The summed E-state index contributed by atoms with van der Waals surface area (Å²) in [6, 6.07) is 3.14. The van der Waals surface area contributed by atoms with Gasteiger partial charge in [-0.2, -0.15) is 13.2 Å². The van der Waals surface area contributed by atoms with Crippen molar-refractivity contribution in [3.63, 3.8) is 0 Å². The van der Waals surface area contributed by atoms with E-state index in [1.165, 1.54) is 12.3 Å². The van der Waals surface area contributed by atoms with Gasteiger partial charge in [0, 0.05) is 15.8 Å². The Balaban J connectivity index is 2.57. The number of nitrogens with zero attached hydrogens (tertiary/aromatic N) is 1. The highest BCUT2D eigenvalue weighted by Gasteiger charge is 2.41. The summed E-state index contributed by atoms with van der Waals surface area (Å²) in [6.45, 7) is 2.02. The second-order valence-corrected chi connectivity index (χ2v) is 5.56. The average molecular weight is 387 g/mol. The standard InChI is InChI=1S/C13H17F3INO/c1-2-3-4-5-6-11(13(14,15)16)19-12-8-7-10(17)9-18-12/h7-9,11H,2-6H2,1H3/t11-/m1/s1. The summed E-state index contributed by atoms with van der Waals surface area (Å²) in [5.74, 6) is 0.0261. The molecule has 1 heterocycles. The summed E-state index contributed by atoms with van der Waals surface area (Å²) < 4.78 is 44.4. The highest BCUT2D eigenvalue weighted by molar-refractivity contribution is 14.1. The fourth-order valence-electron chi connectivity index (χ4n) is 1.62. The molecule has 19 heavy (non-hydrogen) atoms. The molecule has 0 spiro atoms. The molecule has 1 aromatic heterocycles. The first kappa shape index (κ1) is 16.5. The number of pyridine rings is 1. The van der Waals surface area contributed by atoms with Crippen molar-refractivity contribution in [1.29, 1.82) is 0 Å². The van der Waals surface area contributed by atoms with Crippen LogP contribution in [0.25, 0.3) is 0 Å². The molecule has 0 saturated carbocycles. The van der Waals surface area contributed by atoms with Crippen LogP contribution in [-0.2, 0) is 0 Å². The number of alkyl halides is 3. The number of hydrogen-bond donors (Lipinski definition) is 0. The third-order valence-electron chi connectivity index (χ3n) is 2.65. The Kier molecular flexibility index (Phi) is 6.88. The van der Waals surface area contributed by atoms with Crippen molar-refractivity contribution >= 4 is 22.6 Å². The van der Waals surface area contributed by atoms with Gasteiger partial charge in [0.1, 0.15) is 0 Å². The maximum Gasteiger partial charge on any atom is 0.425 e. The van der Waals surface area contributed by atoms with E-state index in [1.807, 2.05) is 29.5 Å². The lowest BCUT2D eigenvalue weighted by molar-refractivity contribution is -0.197. The van der Waals surface area contributed by atoms with Crippen molar-refractivity contribution in [2.24, 2.45) is 0 Å². The van der Waals surface area contributed by atoms with E-state index in [1.54, 1.807) is 6.07 Å². The van der Waals surface area contributed by atoms with Crippen LogP contribution in [0, 0.1) is 3.57 Å². The Labute approximate surface area is 124 Å². The fourth-order valence-corrected chi connectivity index (χ4v) is 1.94. The predicted molar refractivity (Wildman–Crippen MR) is 76.2 cm³/mol. The second-order valence-electron chi connectivity index (χ2n) is 4.31. The average Bonchev–Trinajstić information content (AvgIpc) is 2.34. The van der Waals surface area contributed by atoms with Crippen LogP contribution in [0.2, 0.25) is 0 Å². The van der Waals surface area contributed by atoms with Gasteiger partial charge in [0.05, 0.1) is 0 Å². The number of rotatable bonds is 7. The molecule has 0 bridgehead atoms. The van der Waals surface area contributed by atoms with Crippen molar-refractivity contribution in [3.05, 3.63) is 21.9 Å². The van der Waals surface area contributed by atoms with Gasteiger partial charge >= 0.3 is 6.18 Å². The van der Waals surface area contributed by atoms with Crippen LogP contribution in [0.3, 0.4) is 0 Å². The lowest BCUT2D eigenvalue weighted by Gasteiger charge is -2.21. The van der Waals surface area contributed by atoms with E-state index in [-0.39, 0.29) is 12.3 Å². The molecule has 0 amide bonds. The van der Waals surface area contributed by atoms with Crippen LogP contribution in [0.4, 0.5) is 13.2 Å². The summed E-state index contributed by atoms with van der Waals surface area (Å²) in [4.78, 5) is 3.85. The summed E-state index contributed by atoms with van der Waals surface area (Å²) in [5.41, 5.74) is 0. The zero-order valence-electron chi connectivity index (χ0n) is 10.7. The Bertz CT molecular complexity index is 367. The van der Waals surface area contributed by atoms with Gasteiger partial charge in [-0.25, -0.2) is 4.98 Å². The third kappa shape index (κ3) is 6.44. The predicted octanol–water partition coefficient (Wildman–Crippen LogP) is 4.97. The van der Waals surface area contributed by atoms with Crippen LogP contribution in [0.1, 0.15) is 39.0 Å². The zero-order valence-corrected chi connectivity index (χ0v) is 12.9. The molecule has 0 unspecified atom stereocenters. The Hall–Kier alpha value is -0.530. The lowest BCUT2D eigenvalue weighted by Crippen LogP contribution is -2.34. The highest BCUT2D eigenvalue weighted by Crippen LogP contribution is 2.28. The SMILES string of the molecule is CCCCCC[C@@H](Oc1ccc(I)cn1)C(F)(F)F. The van der Waals surface area contributed by atoms with E-state index in [4.69, 9.17) is 4.74 Å². The van der Waals surface area contributed by atoms with Gasteiger partial charge in [0.2, 0.25) is 5.88 Å². The summed E-state index contributed by atoms with van der Waals surface area (Å²) >= 11 is 2.04. The van der Waals surface area contributed by atoms with Crippen LogP contribution in [-0.4, -0.2) is 17.3 Å². The molecule has 0 aliphatic rings. The van der Waals surface area contributed by atoms with E-state index >= 15 is 0 Å². The van der Waals surface area contributed by atoms with E-state index in [0.717, 1.165) is 22.8 Å². The molecule has 108 valence electrons. The molecule has 6 heteroatoms. The number of hydrogen-bond acceptors (Lipinski definition) is 2. The molecular weight excluding hydrogens is 370 g/mol. The minimum absolute atomic E-state index is 0.0167. The number of ether oxygens (including phenoxy) is 1. The first-order valence-electron chi connectivity index (χ1n) is 6.28. The quantitative estimate of drug-likeness (QED) is 0.487. The number of unbranched alkanes of at least 4 members (excludes halogenated alkanes) is 3. The number of halogens is 4. The molecule has 0 fully saturated rings. The second kappa shape index (κ2) is 7.91. The van der Waals surface area contributed by atoms with E-state index < -0.39 is 12.3 Å².